The van der Waals surface area contributed by atoms with E-state index in [0.29, 0.717) is 13.1 Å². The van der Waals surface area contributed by atoms with E-state index in [4.69, 9.17) is 18.9 Å². The van der Waals surface area contributed by atoms with Gasteiger partial charge in [0.1, 0.15) is 35.1 Å². The van der Waals surface area contributed by atoms with Gasteiger partial charge in [-0.3, -0.25) is 9.59 Å². The molecular weight excluding hydrogens is 729 g/mol. The Morgan fingerprint density at radius 3 is 1.68 bits per heavy atom. The highest BCUT2D eigenvalue weighted by atomic mass is 16.5. The Morgan fingerprint density at radius 2 is 1.18 bits per heavy atom. The molecule has 15 nitrogen and oxygen atoms in total. The third kappa shape index (κ3) is 7.33. The molecule has 2 saturated carbocycles. The van der Waals surface area contributed by atoms with Crippen molar-refractivity contribution >= 4 is 35.0 Å². The Morgan fingerprint density at radius 1 is 0.684 bits per heavy atom. The van der Waals surface area contributed by atoms with Crippen LogP contribution in [0.15, 0.2) is 65.3 Å². The first-order valence-electron chi connectivity index (χ1n) is 19.8. The minimum Gasteiger partial charge on any atom is -0.456 e. The monoisotopic (exact) mass is 774 g/mol. The van der Waals surface area contributed by atoms with Gasteiger partial charge in [-0.25, -0.2) is 19.6 Å². The largest absolute Gasteiger partial charge is 0.456 e. The van der Waals surface area contributed by atoms with Gasteiger partial charge in [-0.05, 0) is 93.0 Å². The molecule has 296 valence electrons. The Balaban J connectivity index is 0.873. The number of aromatic nitrogens is 4. The minimum atomic E-state index is -0.590. The molecule has 0 bridgehead atoms. The molecule has 5 aromatic rings. The van der Waals surface area contributed by atoms with Gasteiger partial charge in [0.05, 0.1) is 50.1 Å². The van der Waals surface area contributed by atoms with Crippen LogP contribution in [0.25, 0.3) is 44.8 Å². The molecule has 4 aliphatic rings. The smallest absolute Gasteiger partial charge is 0.407 e. The molecule has 1 unspecified atom stereocenters. The maximum Gasteiger partial charge on any atom is 0.407 e. The third-order valence-electron chi connectivity index (χ3n) is 11.8. The van der Waals surface area contributed by atoms with Crippen molar-refractivity contribution in [3.05, 3.63) is 72.6 Å². The number of amides is 4. The van der Waals surface area contributed by atoms with E-state index in [1.165, 1.54) is 14.2 Å². The van der Waals surface area contributed by atoms with Gasteiger partial charge >= 0.3 is 12.2 Å². The number of nitrogens with one attached hydrogen (secondary N) is 4. The predicted octanol–water partition coefficient (Wildman–Crippen LogP) is 6.48. The van der Waals surface area contributed by atoms with Crippen molar-refractivity contribution in [2.75, 3.05) is 27.3 Å². The molecule has 3 aromatic heterocycles. The molecule has 9 rings (SSSR count). The van der Waals surface area contributed by atoms with Crippen molar-refractivity contribution in [2.24, 2.45) is 11.8 Å². The molecule has 4 N–H and O–H groups in total. The lowest BCUT2D eigenvalue weighted by Gasteiger charge is -2.28. The van der Waals surface area contributed by atoms with E-state index < -0.39 is 24.3 Å². The van der Waals surface area contributed by atoms with Crippen LogP contribution in [0.2, 0.25) is 0 Å². The zero-order valence-electron chi connectivity index (χ0n) is 32.0. The molecule has 0 spiro atoms. The van der Waals surface area contributed by atoms with Crippen LogP contribution in [0.5, 0.6) is 0 Å². The molecule has 4 atom stereocenters. The van der Waals surface area contributed by atoms with Crippen LogP contribution in [-0.2, 0) is 19.1 Å². The lowest BCUT2D eigenvalue weighted by molar-refractivity contribution is -0.135. The number of ether oxygens (including phenoxy) is 2. The average Bonchev–Trinajstić information content (AvgIpc) is 3.82. The van der Waals surface area contributed by atoms with Gasteiger partial charge in [-0.15, -0.1) is 0 Å². The summed E-state index contributed by atoms with van der Waals surface area (Å²) in [4.78, 5) is 71.2. The first kappa shape index (κ1) is 36.5. The van der Waals surface area contributed by atoms with Crippen LogP contribution >= 0.6 is 0 Å². The van der Waals surface area contributed by atoms with Gasteiger partial charge < -0.3 is 44.3 Å². The van der Waals surface area contributed by atoms with E-state index in [9.17, 15) is 19.2 Å². The highest BCUT2D eigenvalue weighted by Gasteiger charge is 2.44. The molecule has 57 heavy (non-hydrogen) atoms. The van der Waals surface area contributed by atoms with Crippen molar-refractivity contribution in [1.29, 1.82) is 0 Å². The number of benzene rings is 2. The van der Waals surface area contributed by atoms with E-state index in [2.05, 4.69) is 31.7 Å². The number of aromatic amines is 2. The van der Waals surface area contributed by atoms with Gasteiger partial charge in [-0.2, -0.15) is 0 Å². The molecule has 15 heteroatoms. The van der Waals surface area contributed by atoms with Gasteiger partial charge in [0.25, 0.3) is 0 Å². The Labute approximate surface area is 328 Å². The summed E-state index contributed by atoms with van der Waals surface area (Å²) >= 11 is 0. The maximum absolute atomic E-state index is 13.6. The minimum absolute atomic E-state index is 0.0850. The van der Waals surface area contributed by atoms with E-state index in [1.807, 2.05) is 52.3 Å². The van der Waals surface area contributed by atoms with Crippen molar-refractivity contribution in [1.82, 2.24) is 40.4 Å². The zero-order valence-corrected chi connectivity index (χ0v) is 32.0. The molecule has 5 heterocycles. The standard InChI is InChI=1S/C42H46N8O7/c1-55-41(53)47-35(25-11-12-25)39(51)49-17-3-5-31(49)37-43-21-29(45-37)23-7-9-24(10-8-23)34-20-28-19-27(15-16-33(28)57-34)30-22-44-38(46-30)32-6-4-18-50(32)40(52)36(26-13-14-26)48-42(54)56-2/h7-10,15-16,19-22,25-26,31-32,35-36H,3-6,11-14,17-18H2,1-2H3,(H,43,45)(H,44,46)(H,47,53)(H,48,54)/t31-,32-,35-,36?/m0/s1. The first-order chi connectivity index (χ1) is 27.8. The molecule has 4 amide bonds. The summed E-state index contributed by atoms with van der Waals surface area (Å²) in [6.07, 6.45) is 9.36. The number of alkyl carbamates (subject to hydrolysis) is 2. The van der Waals surface area contributed by atoms with E-state index in [-0.39, 0.29) is 35.7 Å². The Hall–Kier alpha value is -6.12. The van der Waals surface area contributed by atoms with E-state index in [0.717, 1.165) is 108 Å². The van der Waals surface area contributed by atoms with E-state index >= 15 is 0 Å². The summed E-state index contributed by atoms with van der Waals surface area (Å²) < 4.78 is 15.9. The van der Waals surface area contributed by atoms with Crippen LogP contribution in [0.1, 0.15) is 75.1 Å². The summed E-state index contributed by atoms with van der Waals surface area (Å²) in [5, 5.41) is 6.46. The molecule has 0 radical (unpaired) electrons. The van der Waals surface area contributed by atoms with Crippen LogP contribution < -0.4 is 10.6 Å². The fourth-order valence-electron chi connectivity index (χ4n) is 8.45. The second kappa shape index (κ2) is 15.1. The lowest BCUT2D eigenvalue weighted by atomic mass is 10.1. The maximum atomic E-state index is 13.6. The fraction of sp³-hybridized carbons (Fsp3) is 0.429. The summed E-state index contributed by atoms with van der Waals surface area (Å²) in [5.74, 6) is 2.30. The number of likely N-dealkylation sites (tertiary alicyclic amines) is 2. The number of fused-ring (bicyclic) bond motifs is 1. The normalized spacial score (nSPS) is 20.4. The number of imidazole rings is 2. The van der Waals surface area contributed by atoms with Crippen LogP contribution in [0, 0.1) is 11.8 Å². The lowest BCUT2D eigenvalue weighted by Crippen LogP contribution is -2.49. The number of carbonyl (C=O) groups is 4. The van der Waals surface area contributed by atoms with Gasteiger partial charge in [-0.1, -0.05) is 24.3 Å². The predicted molar refractivity (Wildman–Crippen MR) is 208 cm³/mol. The highest BCUT2D eigenvalue weighted by molar-refractivity contribution is 5.89. The molecule has 4 fully saturated rings. The number of furan rings is 1. The Bertz CT molecular complexity index is 2310. The molecule has 2 aromatic carbocycles. The third-order valence-corrected chi connectivity index (χ3v) is 11.8. The highest BCUT2D eigenvalue weighted by Crippen LogP contribution is 2.40. The second-order valence-corrected chi connectivity index (χ2v) is 15.6. The first-order valence-corrected chi connectivity index (χ1v) is 19.8. The SMILES string of the molecule is COC(=O)NC(C(=O)N1CCC[C@H]1c1ncc(-c2ccc3oc(-c4ccc(-c5cnc([C@@H]6CCCN6C(=O)[C@@H](NC(=O)OC)C6CC6)[nH]5)cc4)cc3c2)[nH]1)C1CC1. The second-order valence-electron chi connectivity index (χ2n) is 15.6. The van der Waals surface area contributed by atoms with E-state index in [1.54, 1.807) is 12.4 Å². The summed E-state index contributed by atoms with van der Waals surface area (Å²) in [6, 6.07) is 14.6. The van der Waals surface area contributed by atoms with Crippen molar-refractivity contribution in [3.8, 4) is 33.8 Å². The summed E-state index contributed by atoms with van der Waals surface area (Å²) in [6.45, 7) is 1.23. The number of hydrogen-bond donors (Lipinski definition) is 4. The van der Waals surface area contributed by atoms with Gasteiger partial charge in [0, 0.05) is 29.6 Å². The summed E-state index contributed by atoms with van der Waals surface area (Å²) in [5.41, 5.74) is 5.28. The van der Waals surface area contributed by atoms with Crippen LogP contribution in [0.4, 0.5) is 9.59 Å². The number of hydrogen-bond acceptors (Lipinski definition) is 9. The van der Waals surface area contributed by atoms with Crippen molar-refractivity contribution < 1.29 is 33.1 Å². The number of nitrogens with zero attached hydrogens (tertiary/aromatic N) is 4. The number of methoxy groups -OCH3 is 2. The molecule has 2 aliphatic carbocycles. The zero-order chi connectivity index (χ0) is 39.2. The van der Waals surface area contributed by atoms with Crippen LogP contribution in [-0.4, -0.2) is 93.1 Å². The van der Waals surface area contributed by atoms with Crippen molar-refractivity contribution in [2.45, 2.75) is 75.5 Å². The quantitative estimate of drug-likeness (QED) is 0.117. The summed E-state index contributed by atoms with van der Waals surface area (Å²) in [7, 11) is 2.61. The number of rotatable bonds is 11. The topological polar surface area (TPSA) is 188 Å². The number of carbonyl (C=O) groups excluding carboxylic acids is 4. The Kier molecular flexibility index (Phi) is 9.66. The molecule has 2 saturated heterocycles. The fourth-order valence-corrected chi connectivity index (χ4v) is 8.45. The van der Waals surface area contributed by atoms with Gasteiger partial charge in [0.15, 0.2) is 0 Å². The molecular formula is C42H46N8O7. The van der Waals surface area contributed by atoms with Crippen molar-refractivity contribution in [3.63, 3.8) is 0 Å². The van der Waals surface area contributed by atoms with Crippen LogP contribution in [0.3, 0.4) is 0 Å². The average molecular weight is 775 g/mol. The van der Waals surface area contributed by atoms with Gasteiger partial charge in [0.2, 0.25) is 11.8 Å². The molecule has 2 aliphatic heterocycles. The number of H-pyrrole nitrogens is 2.